The van der Waals surface area contributed by atoms with Gasteiger partial charge in [0.2, 0.25) is 0 Å². The van der Waals surface area contributed by atoms with Gasteiger partial charge >= 0.3 is 0 Å². The lowest BCUT2D eigenvalue weighted by atomic mass is 9.70. The molecule has 3 aromatic heterocycles. The lowest BCUT2D eigenvalue weighted by Gasteiger charge is -2.31. The maximum absolute atomic E-state index is 5.25. The highest BCUT2D eigenvalue weighted by molar-refractivity contribution is 7.12. The fraction of sp³-hybridized carbons (Fsp3) is 0.104. The minimum Gasteiger partial charge on any atom is -0.382 e. The predicted molar refractivity (Wildman–Crippen MR) is 239 cm³/mol. The van der Waals surface area contributed by atoms with Crippen LogP contribution in [0.3, 0.4) is 0 Å². The number of H-pyrrole nitrogens is 1. The number of nitrogens with zero attached hydrogens (tertiary/aromatic N) is 5. The van der Waals surface area contributed by atoms with Crippen LogP contribution in [0.1, 0.15) is 61.4 Å². The van der Waals surface area contributed by atoms with E-state index in [0.29, 0.717) is 18.2 Å². The molecule has 58 heavy (non-hydrogen) atoms. The zero-order valence-electron chi connectivity index (χ0n) is 31.3. The zero-order chi connectivity index (χ0) is 38.6. The first-order valence-corrected chi connectivity index (χ1v) is 21.1. The number of rotatable bonds is 7. The molecule has 1 atom stereocenters. The minimum atomic E-state index is -0.554. The van der Waals surface area contributed by atoms with Crippen molar-refractivity contribution in [1.29, 1.82) is 0 Å². The molecular formula is C48H36N8S2. The van der Waals surface area contributed by atoms with E-state index in [1.165, 1.54) is 44.5 Å². The van der Waals surface area contributed by atoms with Crippen LogP contribution in [0.5, 0.6) is 0 Å². The minimum absolute atomic E-state index is 0.325. The molecule has 0 fully saturated rings. The van der Waals surface area contributed by atoms with E-state index >= 15 is 0 Å². The van der Waals surface area contributed by atoms with E-state index in [1.807, 2.05) is 18.3 Å². The van der Waals surface area contributed by atoms with Crippen LogP contribution in [-0.2, 0) is 12.0 Å². The third kappa shape index (κ3) is 5.51. The third-order valence-corrected chi connectivity index (χ3v) is 13.2. The van der Waals surface area contributed by atoms with Crippen LogP contribution in [0.2, 0.25) is 0 Å². The number of fused-ring (bicyclic) bond motifs is 10. The van der Waals surface area contributed by atoms with Gasteiger partial charge < -0.3 is 15.6 Å². The van der Waals surface area contributed by atoms with E-state index < -0.39 is 5.41 Å². The van der Waals surface area contributed by atoms with Crippen molar-refractivity contribution in [3.05, 3.63) is 199 Å². The molecule has 4 aromatic carbocycles. The molecule has 10 heteroatoms. The Balaban J connectivity index is 1.06. The fourth-order valence-corrected chi connectivity index (χ4v) is 10.3. The van der Waals surface area contributed by atoms with E-state index in [1.54, 1.807) is 22.7 Å². The van der Waals surface area contributed by atoms with Gasteiger partial charge in [-0.1, -0.05) is 97.1 Å². The van der Waals surface area contributed by atoms with Crippen molar-refractivity contribution < 1.29 is 0 Å². The largest absolute Gasteiger partial charge is 0.382 e. The van der Waals surface area contributed by atoms with Gasteiger partial charge in [-0.25, -0.2) is 20.0 Å². The molecule has 2 aliphatic heterocycles. The van der Waals surface area contributed by atoms with Gasteiger partial charge in [-0.15, -0.1) is 22.7 Å². The third-order valence-electron chi connectivity index (χ3n) is 11.4. The number of aliphatic imine (C=N–C) groups is 5. The molecule has 7 aromatic rings. The second-order valence-corrected chi connectivity index (χ2v) is 16.5. The summed E-state index contributed by atoms with van der Waals surface area (Å²) in [6.07, 6.45) is 4.60. The second-order valence-electron chi connectivity index (χ2n) is 14.6. The second kappa shape index (κ2) is 14.0. The number of thiophene rings is 2. The van der Waals surface area contributed by atoms with Gasteiger partial charge in [0, 0.05) is 18.3 Å². The van der Waals surface area contributed by atoms with Gasteiger partial charge in [-0.2, -0.15) is 0 Å². The summed E-state index contributed by atoms with van der Waals surface area (Å²) >= 11 is 3.36. The Bertz CT molecular complexity index is 2850. The molecule has 280 valence electrons. The molecule has 0 radical (unpaired) electrons. The molecule has 5 heterocycles. The highest BCUT2D eigenvalue weighted by Gasteiger charge is 2.51. The van der Waals surface area contributed by atoms with Gasteiger partial charge in [-0.3, -0.25) is 4.99 Å². The first-order valence-electron chi connectivity index (χ1n) is 19.3. The number of hydrogen-bond acceptors (Lipinski definition) is 7. The van der Waals surface area contributed by atoms with E-state index in [9.17, 15) is 0 Å². The quantitative estimate of drug-likeness (QED) is 0.111. The summed E-state index contributed by atoms with van der Waals surface area (Å²) in [6.45, 7) is 5.11. The summed E-state index contributed by atoms with van der Waals surface area (Å²) in [5, 5.41) is 11.2. The van der Waals surface area contributed by atoms with Gasteiger partial charge in [0.1, 0.15) is 11.7 Å². The summed E-state index contributed by atoms with van der Waals surface area (Å²) in [6, 6.07) is 43.8. The van der Waals surface area contributed by atoms with E-state index in [-0.39, 0.29) is 6.17 Å². The average molecular weight is 789 g/mol. The predicted octanol–water partition coefficient (Wildman–Crippen LogP) is 9.90. The van der Waals surface area contributed by atoms with E-state index in [2.05, 4.69) is 153 Å². The Labute approximate surface area is 344 Å². The number of benzene rings is 4. The standard InChI is InChI=1S/C48H36N8S2/c1-49-44(39-14-6-22-50-39)55-45(40-15-7-23-51-40)52-28-29-18-20-33-34-21-19-30(43-53-46(41-16-8-24-57-41)56-47(54-43)42-17-9-25-58-42)27-38(34)48(37(33)26-29)35-12-4-2-10-31(35)32-11-3-5-13-36(32)48/h2-5,7-21,23-27,46,50-51H,1,6,22,28H2,(H,53,54,56). The summed E-state index contributed by atoms with van der Waals surface area (Å²) in [7, 11) is 0. The smallest absolute Gasteiger partial charge is 0.178 e. The highest BCUT2D eigenvalue weighted by Crippen LogP contribution is 2.63. The summed E-state index contributed by atoms with van der Waals surface area (Å²) < 4.78 is 0. The van der Waals surface area contributed by atoms with Crippen LogP contribution in [0, 0.1) is 0 Å². The lowest BCUT2D eigenvalue weighted by Crippen LogP contribution is -2.35. The first kappa shape index (κ1) is 34.5. The van der Waals surface area contributed by atoms with Crippen LogP contribution in [0.25, 0.3) is 22.3 Å². The molecule has 3 N–H and O–H groups in total. The van der Waals surface area contributed by atoms with Crippen molar-refractivity contribution in [2.24, 2.45) is 25.0 Å². The molecule has 1 spiro atoms. The average Bonchev–Trinajstić information content (AvgIpc) is 4.14. The lowest BCUT2D eigenvalue weighted by molar-refractivity contribution is 0.771. The Kier molecular flexibility index (Phi) is 8.34. The Morgan fingerprint density at radius 1 is 0.724 bits per heavy atom. The Morgan fingerprint density at radius 3 is 2.17 bits per heavy atom. The van der Waals surface area contributed by atoms with Crippen molar-refractivity contribution in [2.75, 3.05) is 6.54 Å². The highest BCUT2D eigenvalue weighted by atomic mass is 32.1. The summed E-state index contributed by atoms with van der Waals surface area (Å²) in [5.41, 5.74) is 13.3. The van der Waals surface area contributed by atoms with Crippen LogP contribution < -0.4 is 10.6 Å². The molecule has 0 saturated carbocycles. The molecule has 1 unspecified atom stereocenters. The van der Waals surface area contributed by atoms with Crippen molar-refractivity contribution in [2.45, 2.75) is 24.5 Å². The number of hydrogen-bond donors (Lipinski definition) is 3. The van der Waals surface area contributed by atoms with Crippen molar-refractivity contribution in [1.82, 2.24) is 15.6 Å². The van der Waals surface area contributed by atoms with Gasteiger partial charge in [-0.05, 0) is 104 Å². The van der Waals surface area contributed by atoms with Gasteiger partial charge in [0.05, 0.1) is 33.1 Å². The molecule has 0 bridgehead atoms. The van der Waals surface area contributed by atoms with Crippen LogP contribution in [-0.4, -0.2) is 41.6 Å². The SMILES string of the molecule is C=NC(=NC(=NCc1ccc2c(c1)C1(c3ccccc3-c3ccccc31)c1cc(C3=NC(c4cccs4)N=C(c4cccs4)N3)ccc1-2)c1ccc[nH]1)C1=CCCN1. The van der Waals surface area contributed by atoms with Gasteiger partial charge in [0.15, 0.2) is 17.8 Å². The van der Waals surface area contributed by atoms with E-state index in [0.717, 1.165) is 56.9 Å². The summed E-state index contributed by atoms with van der Waals surface area (Å²) in [4.78, 5) is 30.1. The number of aromatic amines is 1. The van der Waals surface area contributed by atoms with Crippen LogP contribution in [0.4, 0.5) is 0 Å². The number of amidine groups is 4. The molecule has 11 rings (SSSR count). The molecule has 2 aliphatic carbocycles. The number of aromatic nitrogens is 1. The normalized spacial score (nSPS) is 17.4. The monoisotopic (exact) mass is 788 g/mol. The van der Waals surface area contributed by atoms with Gasteiger partial charge in [0.25, 0.3) is 0 Å². The molecule has 8 nitrogen and oxygen atoms in total. The zero-order valence-corrected chi connectivity index (χ0v) is 32.9. The van der Waals surface area contributed by atoms with Crippen molar-refractivity contribution in [3.63, 3.8) is 0 Å². The van der Waals surface area contributed by atoms with Crippen molar-refractivity contribution >= 4 is 52.7 Å². The van der Waals surface area contributed by atoms with Crippen LogP contribution in [0.15, 0.2) is 175 Å². The molecular weight excluding hydrogens is 753 g/mol. The maximum atomic E-state index is 5.25. The van der Waals surface area contributed by atoms with Crippen molar-refractivity contribution in [3.8, 4) is 22.3 Å². The Hall–Kier alpha value is -6.75. The van der Waals surface area contributed by atoms with E-state index in [4.69, 9.17) is 20.0 Å². The number of nitrogens with one attached hydrogen (secondary N) is 3. The Morgan fingerprint density at radius 2 is 1.47 bits per heavy atom. The summed E-state index contributed by atoms with van der Waals surface area (Å²) in [5.74, 6) is 2.77. The topological polar surface area (TPSA) is 102 Å². The fourth-order valence-electron chi connectivity index (χ4n) is 8.90. The molecule has 0 saturated heterocycles. The maximum Gasteiger partial charge on any atom is 0.178 e. The molecule has 4 aliphatic rings. The van der Waals surface area contributed by atoms with Crippen LogP contribution >= 0.6 is 22.7 Å². The first-order chi connectivity index (χ1) is 28.7. The molecule has 0 amide bonds.